The third-order valence-electron chi connectivity index (χ3n) is 2.42. The molecule has 20 heavy (non-hydrogen) atoms. The number of phenols is 1. The first-order chi connectivity index (χ1) is 9.40. The van der Waals surface area contributed by atoms with Gasteiger partial charge in [0.05, 0.1) is 11.1 Å². The zero-order valence-corrected chi connectivity index (χ0v) is 13.1. The van der Waals surface area contributed by atoms with E-state index in [-0.39, 0.29) is 17.2 Å². The molecule has 1 amide bonds. The molecular formula is C14H15BrN2O3. The summed E-state index contributed by atoms with van der Waals surface area (Å²) in [5.41, 5.74) is 0.597. The first-order valence-corrected chi connectivity index (χ1v) is 6.68. The van der Waals surface area contributed by atoms with Crippen molar-refractivity contribution < 1.29 is 14.6 Å². The van der Waals surface area contributed by atoms with Crippen molar-refractivity contribution in [3.63, 3.8) is 0 Å². The van der Waals surface area contributed by atoms with Gasteiger partial charge < -0.3 is 14.7 Å². The van der Waals surface area contributed by atoms with Gasteiger partial charge in [-0.3, -0.25) is 4.79 Å². The van der Waals surface area contributed by atoms with Crippen molar-refractivity contribution in [3.05, 3.63) is 27.7 Å². The number of ether oxygens (including phenoxy) is 1. The molecule has 0 fully saturated rings. The van der Waals surface area contributed by atoms with Crippen LogP contribution in [0.2, 0.25) is 0 Å². The number of phenolic OH excluding ortho intramolecular Hbond substituents is 1. The number of hydrogen-bond acceptors (Lipinski definition) is 4. The molecular weight excluding hydrogens is 324 g/mol. The van der Waals surface area contributed by atoms with Crippen LogP contribution in [0.25, 0.3) is 6.08 Å². The Hall–Kier alpha value is -2.00. The van der Waals surface area contributed by atoms with Crippen molar-refractivity contribution >= 4 is 27.9 Å². The van der Waals surface area contributed by atoms with E-state index in [0.717, 1.165) is 0 Å². The van der Waals surface area contributed by atoms with Crippen LogP contribution in [0.5, 0.6) is 11.5 Å². The van der Waals surface area contributed by atoms with E-state index in [1.807, 2.05) is 6.07 Å². The van der Waals surface area contributed by atoms with Gasteiger partial charge in [0.15, 0.2) is 11.5 Å². The third kappa shape index (κ3) is 3.75. The molecule has 106 valence electrons. The maximum Gasteiger partial charge on any atom is 0.264 e. The van der Waals surface area contributed by atoms with Crippen molar-refractivity contribution in [1.82, 2.24) is 4.90 Å². The van der Waals surface area contributed by atoms with Crippen LogP contribution < -0.4 is 4.74 Å². The standard InChI is InChI=1S/C14H15BrN2O3/c1-4-20-12-7-9(6-11(15)13(12)18)5-10(8-16)14(19)17(2)3/h5-7,18H,4H2,1-3H3/b10-5+. The lowest BCUT2D eigenvalue weighted by Crippen LogP contribution is -2.22. The normalized spacial score (nSPS) is 10.8. The van der Waals surface area contributed by atoms with Crippen LogP contribution in [-0.4, -0.2) is 36.6 Å². The van der Waals surface area contributed by atoms with Crippen molar-refractivity contribution in [2.45, 2.75) is 6.92 Å². The van der Waals surface area contributed by atoms with Crippen LogP contribution in [0, 0.1) is 11.3 Å². The molecule has 0 atom stereocenters. The number of benzene rings is 1. The van der Waals surface area contributed by atoms with Crippen molar-refractivity contribution in [1.29, 1.82) is 5.26 Å². The molecule has 0 unspecified atom stereocenters. The number of aromatic hydroxyl groups is 1. The summed E-state index contributed by atoms with van der Waals surface area (Å²) in [7, 11) is 3.15. The first kappa shape index (κ1) is 16.1. The molecule has 6 heteroatoms. The fourth-order valence-electron chi connectivity index (χ4n) is 1.49. The van der Waals surface area contributed by atoms with Crippen molar-refractivity contribution in [2.75, 3.05) is 20.7 Å². The Labute approximate surface area is 126 Å². The van der Waals surface area contributed by atoms with E-state index < -0.39 is 0 Å². The number of likely N-dealkylation sites (N-methyl/N-ethyl adjacent to an activating group) is 1. The molecule has 0 aromatic heterocycles. The molecule has 5 nitrogen and oxygen atoms in total. The second kappa shape index (κ2) is 6.96. The zero-order chi connectivity index (χ0) is 15.3. The highest BCUT2D eigenvalue weighted by molar-refractivity contribution is 9.10. The lowest BCUT2D eigenvalue weighted by molar-refractivity contribution is -0.124. The van der Waals surface area contributed by atoms with Gasteiger partial charge in [-0.1, -0.05) is 0 Å². The van der Waals surface area contributed by atoms with Gasteiger partial charge in [0.2, 0.25) is 0 Å². The molecule has 0 saturated heterocycles. The molecule has 0 heterocycles. The van der Waals surface area contributed by atoms with Crippen LogP contribution in [0.4, 0.5) is 0 Å². The minimum Gasteiger partial charge on any atom is -0.503 e. The molecule has 1 N–H and O–H groups in total. The number of nitriles is 1. The highest BCUT2D eigenvalue weighted by atomic mass is 79.9. The van der Waals surface area contributed by atoms with Crippen LogP contribution >= 0.6 is 15.9 Å². The summed E-state index contributed by atoms with van der Waals surface area (Å²) in [6.07, 6.45) is 1.45. The third-order valence-corrected chi connectivity index (χ3v) is 3.02. The fourth-order valence-corrected chi connectivity index (χ4v) is 1.95. The minimum atomic E-state index is -0.380. The fraction of sp³-hybridized carbons (Fsp3) is 0.286. The summed E-state index contributed by atoms with van der Waals surface area (Å²) < 4.78 is 5.73. The molecule has 0 spiro atoms. The Morgan fingerprint density at radius 1 is 1.55 bits per heavy atom. The zero-order valence-electron chi connectivity index (χ0n) is 11.5. The summed E-state index contributed by atoms with van der Waals surface area (Å²) in [4.78, 5) is 13.1. The highest BCUT2D eigenvalue weighted by Crippen LogP contribution is 2.36. The smallest absolute Gasteiger partial charge is 0.264 e. The molecule has 0 saturated carbocycles. The summed E-state index contributed by atoms with van der Waals surface area (Å²) in [5.74, 6) is -0.0983. The second-order valence-electron chi connectivity index (χ2n) is 4.15. The number of carbonyl (C=O) groups is 1. The van der Waals surface area contributed by atoms with Gasteiger partial charge in [-0.25, -0.2) is 0 Å². The van der Waals surface area contributed by atoms with Gasteiger partial charge in [-0.15, -0.1) is 0 Å². The second-order valence-corrected chi connectivity index (χ2v) is 5.01. The van der Waals surface area contributed by atoms with Crippen molar-refractivity contribution in [2.24, 2.45) is 0 Å². The minimum absolute atomic E-state index is 0.00929. The Balaban J connectivity index is 3.26. The number of rotatable bonds is 4. The maximum atomic E-state index is 11.8. The lowest BCUT2D eigenvalue weighted by atomic mass is 10.1. The van der Waals surface area contributed by atoms with Gasteiger partial charge in [-0.05, 0) is 46.6 Å². The summed E-state index contributed by atoms with van der Waals surface area (Å²) in [6.45, 7) is 2.20. The molecule has 1 aromatic carbocycles. The number of halogens is 1. The lowest BCUT2D eigenvalue weighted by Gasteiger charge is -2.10. The predicted molar refractivity (Wildman–Crippen MR) is 79.3 cm³/mol. The highest BCUT2D eigenvalue weighted by Gasteiger charge is 2.13. The van der Waals surface area contributed by atoms with E-state index in [4.69, 9.17) is 10.00 Å². The Bertz CT molecular complexity index is 589. The van der Waals surface area contributed by atoms with Crippen LogP contribution in [0.15, 0.2) is 22.2 Å². The summed E-state index contributed by atoms with van der Waals surface area (Å²) in [6, 6.07) is 5.05. The van der Waals surface area contributed by atoms with E-state index in [0.29, 0.717) is 22.4 Å². The molecule has 0 bridgehead atoms. The average molecular weight is 339 g/mol. The van der Waals surface area contributed by atoms with Gasteiger partial charge in [0.1, 0.15) is 11.6 Å². The van der Waals surface area contributed by atoms with E-state index in [1.165, 1.54) is 11.0 Å². The van der Waals surface area contributed by atoms with Crippen LogP contribution in [0.3, 0.4) is 0 Å². The van der Waals surface area contributed by atoms with Crippen molar-refractivity contribution in [3.8, 4) is 17.6 Å². The number of nitrogens with zero attached hydrogens (tertiary/aromatic N) is 2. The van der Waals surface area contributed by atoms with E-state index in [9.17, 15) is 9.90 Å². The first-order valence-electron chi connectivity index (χ1n) is 5.89. The summed E-state index contributed by atoms with van der Waals surface area (Å²) >= 11 is 3.21. The van der Waals surface area contributed by atoms with Gasteiger partial charge >= 0.3 is 0 Å². The Morgan fingerprint density at radius 3 is 2.70 bits per heavy atom. The van der Waals surface area contributed by atoms with E-state index >= 15 is 0 Å². The molecule has 0 aliphatic rings. The molecule has 0 aliphatic carbocycles. The average Bonchev–Trinajstić information content (AvgIpc) is 2.40. The van der Waals surface area contributed by atoms with Crippen LogP contribution in [-0.2, 0) is 4.79 Å². The van der Waals surface area contributed by atoms with Gasteiger partial charge in [0.25, 0.3) is 5.91 Å². The predicted octanol–water partition coefficient (Wildman–Crippen LogP) is 2.55. The summed E-state index contributed by atoms with van der Waals surface area (Å²) in [5, 5.41) is 18.9. The largest absolute Gasteiger partial charge is 0.503 e. The SMILES string of the molecule is CCOc1cc(/C=C(\C#N)C(=O)N(C)C)cc(Br)c1O. The molecule has 1 aromatic rings. The molecule has 0 aliphatic heterocycles. The molecule has 0 radical (unpaired) electrons. The van der Waals surface area contributed by atoms with Gasteiger partial charge in [-0.2, -0.15) is 5.26 Å². The number of hydrogen-bond donors (Lipinski definition) is 1. The van der Waals surface area contributed by atoms with E-state index in [1.54, 1.807) is 33.2 Å². The van der Waals surface area contributed by atoms with E-state index in [2.05, 4.69) is 15.9 Å². The quantitative estimate of drug-likeness (QED) is 0.676. The van der Waals surface area contributed by atoms with Crippen LogP contribution in [0.1, 0.15) is 12.5 Å². The van der Waals surface area contributed by atoms with Gasteiger partial charge in [0, 0.05) is 14.1 Å². The molecule has 1 rings (SSSR count). The number of carbonyl (C=O) groups excluding carboxylic acids is 1. The maximum absolute atomic E-state index is 11.8. The topological polar surface area (TPSA) is 73.6 Å². The monoisotopic (exact) mass is 338 g/mol. The Kier molecular flexibility index (Phi) is 5.59. The number of amides is 1. The Morgan fingerprint density at radius 2 is 2.20 bits per heavy atom.